The van der Waals surface area contributed by atoms with Crippen LogP contribution in [-0.4, -0.2) is 36.0 Å². The highest BCUT2D eigenvalue weighted by Crippen LogP contribution is 2.25. The number of fused-ring (bicyclic) bond motifs is 2. The van der Waals surface area contributed by atoms with Gasteiger partial charge in [-0.3, -0.25) is 14.5 Å². The summed E-state index contributed by atoms with van der Waals surface area (Å²) >= 11 is 0. The summed E-state index contributed by atoms with van der Waals surface area (Å²) in [6.45, 7) is 2.87. The molecule has 2 aromatic carbocycles. The average molecular weight is 413 g/mol. The van der Waals surface area contributed by atoms with E-state index in [9.17, 15) is 18.4 Å². The number of carbonyl (C=O) groups excluding carboxylic acids is 1. The van der Waals surface area contributed by atoms with Gasteiger partial charge in [-0.15, -0.1) is 0 Å². The van der Waals surface area contributed by atoms with Crippen LogP contribution in [0.2, 0.25) is 0 Å². The molecule has 0 spiro atoms. The van der Waals surface area contributed by atoms with E-state index in [2.05, 4.69) is 10.3 Å². The Morgan fingerprint density at radius 3 is 2.77 bits per heavy atom. The second-order valence-corrected chi connectivity index (χ2v) is 7.42. The van der Waals surface area contributed by atoms with Crippen molar-refractivity contribution >= 4 is 22.5 Å². The summed E-state index contributed by atoms with van der Waals surface area (Å²) in [5.74, 6) is -1.74. The van der Waals surface area contributed by atoms with Crippen LogP contribution < -0.4 is 15.5 Å². The molecular formula is C22H21F2N3O3. The van der Waals surface area contributed by atoms with E-state index in [-0.39, 0.29) is 23.6 Å². The van der Waals surface area contributed by atoms with Crippen molar-refractivity contribution in [2.75, 3.05) is 25.5 Å². The van der Waals surface area contributed by atoms with Gasteiger partial charge < -0.3 is 15.0 Å². The van der Waals surface area contributed by atoms with E-state index in [0.29, 0.717) is 36.2 Å². The Morgan fingerprint density at radius 1 is 1.23 bits per heavy atom. The van der Waals surface area contributed by atoms with Crippen LogP contribution in [0.3, 0.4) is 0 Å². The van der Waals surface area contributed by atoms with Gasteiger partial charge in [-0.25, -0.2) is 8.78 Å². The standard InChI is InChI=1S/C22H21F2N3O3/c1-12-7-14(30-2)9-15-21(12)26-19-5-6-27(10-16(19)22(15)29)11-20(28)25-13-3-4-17(23)18(24)8-13/h3-4,7-9H,5-6,10-11H2,1-2H3,(H,25,28)(H,26,29). The minimum absolute atomic E-state index is 0.0348. The predicted molar refractivity (Wildman–Crippen MR) is 110 cm³/mol. The van der Waals surface area contributed by atoms with E-state index >= 15 is 0 Å². The highest BCUT2D eigenvalue weighted by molar-refractivity contribution is 5.92. The second-order valence-electron chi connectivity index (χ2n) is 7.42. The number of rotatable bonds is 4. The summed E-state index contributed by atoms with van der Waals surface area (Å²) in [5, 5.41) is 3.11. The topological polar surface area (TPSA) is 74.4 Å². The molecule has 0 saturated carbocycles. The number of amides is 1. The largest absolute Gasteiger partial charge is 0.497 e. The molecule has 6 nitrogen and oxygen atoms in total. The first-order valence-electron chi connectivity index (χ1n) is 9.55. The van der Waals surface area contributed by atoms with Crippen LogP contribution in [0.1, 0.15) is 16.8 Å². The molecule has 30 heavy (non-hydrogen) atoms. The third-order valence-electron chi connectivity index (χ3n) is 5.33. The highest BCUT2D eigenvalue weighted by Gasteiger charge is 2.23. The zero-order valence-electron chi connectivity index (χ0n) is 16.6. The maximum atomic E-state index is 13.3. The monoisotopic (exact) mass is 413 g/mol. The minimum atomic E-state index is -1.02. The molecule has 0 atom stereocenters. The van der Waals surface area contributed by atoms with Crippen molar-refractivity contribution in [3.8, 4) is 5.75 Å². The number of nitrogens with zero attached hydrogens (tertiary/aromatic N) is 1. The van der Waals surface area contributed by atoms with Crippen molar-refractivity contribution in [3.05, 3.63) is 69.0 Å². The molecule has 0 bridgehead atoms. The van der Waals surface area contributed by atoms with Crippen molar-refractivity contribution in [1.29, 1.82) is 0 Å². The fourth-order valence-corrected chi connectivity index (χ4v) is 3.81. The van der Waals surface area contributed by atoms with Crippen LogP contribution >= 0.6 is 0 Å². The molecule has 2 N–H and O–H groups in total. The van der Waals surface area contributed by atoms with Crippen molar-refractivity contribution < 1.29 is 18.3 Å². The Labute approximate surface area is 171 Å². The van der Waals surface area contributed by atoms with Gasteiger partial charge in [-0.2, -0.15) is 0 Å². The molecule has 2 heterocycles. The van der Waals surface area contributed by atoms with Crippen molar-refractivity contribution in [3.63, 3.8) is 0 Å². The predicted octanol–water partition coefficient (Wildman–Crippen LogP) is 3.12. The fraction of sp³-hybridized carbons (Fsp3) is 0.273. The number of carbonyl (C=O) groups is 1. The van der Waals surface area contributed by atoms with Gasteiger partial charge in [-0.05, 0) is 36.8 Å². The number of aromatic nitrogens is 1. The van der Waals surface area contributed by atoms with Gasteiger partial charge in [0.05, 0.1) is 19.2 Å². The molecule has 0 unspecified atom stereocenters. The first-order valence-corrected chi connectivity index (χ1v) is 9.55. The first-order chi connectivity index (χ1) is 14.4. The number of benzene rings is 2. The maximum absolute atomic E-state index is 13.3. The number of H-pyrrole nitrogens is 1. The van der Waals surface area contributed by atoms with Crippen LogP contribution in [0.4, 0.5) is 14.5 Å². The lowest BCUT2D eigenvalue weighted by Crippen LogP contribution is -2.39. The van der Waals surface area contributed by atoms with Crippen LogP contribution in [0, 0.1) is 18.6 Å². The summed E-state index contributed by atoms with van der Waals surface area (Å²) in [6.07, 6.45) is 0.602. The lowest BCUT2D eigenvalue weighted by atomic mass is 10.0. The maximum Gasteiger partial charge on any atom is 0.238 e. The summed E-state index contributed by atoms with van der Waals surface area (Å²) in [5.41, 5.74) is 3.33. The van der Waals surface area contributed by atoms with Gasteiger partial charge in [0, 0.05) is 47.9 Å². The second kappa shape index (κ2) is 7.87. The number of halogens is 2. The Balaban J connectivity index is 1.54. The minimum Gasteiger partial charge on any atom is -0.497 e. The number of pyridine rings is 1. The normalized spacial score (nSPS) is 13.9. The molecule has 0 saturated heterocycles. The molecule has 1 aromatic heterocycles. The van der Waals surface area contributed by atoms with Crippen molar-refractivity contribution in [2.24, 2.45) is 0 Å². The van der Waals surface area contributed by atoms with E-state index < -0.39 is 11.6 Å². The van der Waals surface area contributed by atoms with Crippen LogP contribution in [0.15, 0.2) is 35.1 Å². The Kier molecular flexibility index (Phi) is 5.26. The lowest BCUT2D eigenvalue weighted by molar-refractivity contribution is -0.117. The smallest absolute Gasteiger partial charge is 0.238 e. The van der Waals surface area contributed by atoms with Gasteiger partial charge in [0.25, 0.3) is 0 Å². The molecule has 1 amide bonds. The zero-order valence-corrected chi connectivity index (χ0v) is 16.6. The summed E-state index contributed by atoms with van der Waals surface area (Å²) in [7, 11) is 1.56. The van der Waals surface area contributed by atoms with Crippen LogP contribution in [0.25, 0.3) is 10.9 Å². The van der Waals surface area contributed by atoms with E-state index in [1.165, 1.54) is 6.07 Å². The van der Waals surface area contributed by atoms with Crippen molar-refractivity contribution in [2.45, 2.75) is 19.9 Å². The van der Waals surface area contributed by atoms with Gasteiger partial charge in [0.1, 0.15) is 5.75 Å². The van der Waals surface area contributed by atoms with Gasteiger partial charge >= 0.3 is 0 Å². The number of anilines is 1. The van der Waals surface area contributed by atoms with E-state index in [4.69, 9.17) is 4.74 Å². The molecule has 1 aliphatic rings. The van der Waals surface area contributed by atoms with Crippen molar-refractivity contribution in [1.82, 2.24) is 9.88 Å². The molecule has 0 radical (unpaired) electrons. The molecule has 4 rings (SSSR count). The van der Waals surface area contributed by atoms with Gasteiger partial charge in [-0.1, -0.05) is 0 Å². The van der Waals surface area contributed by atoms with E-state index in [0.717, 1.165) is 28.9 Å². The van der Waals surface area contributed by atoms with Crippen LogP contribution in [0.5, 0.6) is 5.75 Å². The average Bonchev–Trinajstić information content (AvgIpc) is 2.72. The molecule has 0 fully saturated rings. The molecule has 0 aliphatic carbocycles. The Hall–Kier alpha value is -3.26. The number of aromatic amines is 1. The van der Waals surface area contributed by atoms with E-state index in [1.54, 1.807) is 13.2 Å². The number of hydrogen-bond donors (Lipinski definition) is 2. The lowest BCUT2D eigenvalue weighted by Gasteiger charge is -2.28. The highest BCUT2D eigenvalue weighted by atomic mass is 19.2. The van der Waals surface area contributed by atoms with Crippen LogP contribution in [-0.2, 0) is 17.8 Å². The fourth-order valence-electron chi connectivity index (χ4n) is 3.81. The zero-order chi connectivity index (χ0) is 21.4. The molecule has 3 aromatic rings. The Morgan fingerprint density at radius 2 is 2.03 bits per heavy atom. The molecule has 8 heteroatoms. The number of nitrogens with one attached hydrogen (secondary N) is 2. The third kappa shape index (κ3) is 3.78. The number of ether oxygens (including phenoxy) is 1. The molecular weight excluding hydrogens is 392 g/mol. The summed E-state index contributed by atoms with van der Waals surface area (Å²) < 4.78 is 31.6. The SMILES string of the molecule is COc1cc(C)c2[nH]c3c(c(=O)c2c1)CN(CC(=O)Nc1ccc(F)c(F)c1)CC3. The quantitative estimate of drug-likeness (QED) is 0.689. The Bertz CT molecular complexity index is 1210. The van der Waals surface area contributed by atoms with E-state index in [1.807, 2.05) is 17.9 Å². The van der Waals surface area contributed by atoms with Gasteiger partial charge in [0.2, 0.25) is 5.91 Å². The van der Waals surface area contributed by atoms with Gasteiger partial charge in [0.15, 0.2) is 17.1 Å². The number of methoxy groups -OCH3 is 1. The summed E-state index contributed by atoms with van der Waals surface area (Å²) in [4.78, 5) is 30.7. The first kappa shape index (κ1) is 20.0. The number of hydrogen-bond acceptors (Lipinski definition) is 4. The number of aryl methyl sites for hydroxylation is 1. The third-order valence-corrected chi connectivity index (χ3v) is 5.33. The molecule has 1 aliphatic heterocycles. The molecule has 156 valence electrons. The summed E-state index contributed by atoms with van der Waals surface area (Å²) in [6, 6.07) is 6.79.